The smallest absolute Gasteiger partial charge is 0.270 e. The highest BCUT2D eigenvalue weighted by Gasteiger charge is 2.18. The Morgan fingerprint density at radius 3 is 2.85 bits per heavy atom. The Hall–Kier alpha value is -2.92. The molecule has 136 valence electrons. The van der Waals surface area contributed by atoms with Crippen molar-refractivity contribution in [1.29, 1.82) is 0 Å². The van der Waals surface area contributed by atoms with Gasteiger partial charge >= 0.3 is 0 Å². The van der Waals surface area contributed by atoms with E-state index in [2.05, 4.69) is 15.6 Å². The van der Waals surface area contributed by atoms with Crippen LogP contribution in [0.25, 0.3) is 10.8 Å². The molecular weight excluding hydrogens is 362 g/mol. The van der Waals surface area contributed by atoms with Crippen LogP contribution in [-0.2, 0) is 11.2 Å². The third-order valence-corrected chi connectivity index (χ3v) is 5.09. The van der Waals surface area contributed by atoms with Gasteiger partial charge in [0.15, 0.2) is 0 Å². The lowest BCUT2D eigenvalue weighted by Gasteiger charge is -2.20. The fourth-order valence-electron chi connectivity index (χ4n) is 3.30. The second-order valence-electron chi connectivity index (χ2n) is 6.68. The van der Waals surface area contributed by atoms with E-state index < -0.39 is 0 Å². The van der Waals surface area contributed by atoms with Gasteiger partial charge in [-0.2, -0.15) is 0 Å². The fourth-order valence-corrected chi connectivity index (χ4v) is 3.56. The normalized spacial score (nSPS) is 14.4. The van der Waals surface area contributed by atoms with E-state index in [9.17, 15) is 9.59 Å². The van der Waals surface area contributed by atoms with Crippen LogP contribution in [-0.4, -0.2) is 16.8 Å². The van der Waals surface area contributed by atoms with E-state index in [1.54, 1.807) is 6.07 Å². The maximum absolute atomic E-state index is 12.7. The summed E-state index contributed by atoms with van der Waals surface area (Å²) in [5.74, 6) is -0.239. The number of fused-ring (bicyclic) bond motifs is 2. The minimum atomic E-state index is -0.277. The van der Waals surface area contributed by atoms with Crippen LogP contribution in [0.4, 0.5) is 5.69 Å². The minimum Gasteiger partial charge on any atom is -0.344 e. The molecule has 27 heavy (non-hydrogen) atoms. The second kappa shape index (κ2) is 7.00. The molecular formula is C21H18ClN3O2. The molecule has 2 aromatic carbocycles. The van der Waals surface area contributed by atoms with Gasteiger partial charge in [-0.1, -0.05) is 48.0 Å². The molecule has 2 amide bonds. The third-order valence-electron chi connectivity index (χ3n) is 4.80. The third kappa shape index (κ3) is 3.51. The number of aryl methyl sites for hydroxylation is 1. The lowest BCUT2D eigenvalue weighted by Crippen LogP contribution is -2.28. The Kier molecular flexibility index (Phi) is 4.54. The first-order valence-corrected chi connectivity index (χ1v) is 9.18. The first kappa shape index (κ1) is 17.5. The molecule has 6 heteroatoms. The maximum atomic E-state index is 12.7. The highest BCUT2D eigenvalue weighted by molar-refractivity contribution is 6.34. The highest BCUT2D eigenvalue weighted by Crippen LogP contribution is 2.27. The van der Waals surface area contributed by atoms with Gasteiger partial charge in [-0.15, -0.1) is 0 Å². The number of hydrogen-bond acceptors (Lipinski definition) is 3. The molecule has 0 fully saturated rings. The van der Waals surface area contributed by atoms with E-state index in [4.69, 9.17) is 11.6 Å². The van der Waals surface area contributed by atoms with Gasteiger partial charge in [0.25, 0.3) is 5.91 Å². The summed E-state index contributed by atoms with van der Waals surface area (Å²) in [5.41, 5.74) is 3.19. The quantitative estimate of drug-likeness (QED) is 0.668. The average Bonchev–Trinajstić information content (AvgIpc) is 2.67. The predicted octanol–water partition coefficient (Wildman–Crippen LogP) is 4.26. The van der Waals surface area contributed by atoms with Gasteiger partial charge in [0.05, 0.1) is 6.04 Å². The van der Waals surface area contributed by atoms with Gasteiger partial charge in [-0.3, -0.25) is 9.59 Å². The van der Waals surface area contributed by atoms with Gasteiger partial charge < -0.3 is 10.6 Å². The number of anilines is 1. The van der Waals surface area contributed by atoms with E-state index in [-0.39, 0.29) is 23.6 Å². The van der Waals surface area contributed by atoms with Crippen LogP contribution >= 0.6 is 11.6 Å². The predicted molar refractivity (Wildman–Crippen MR) is 106 cm³/mol. The van der Waals surface area contributed by atoms with Gasteiger partial charge in [0, 0.05) is 17.5 Å². The number of nitrogens with one attached hydrogen (secondary N) is 2. The Bertz CT molecular complexity index is 1060. The molecule has 3 aromatic rings. The summed E-state index contributed by atoms with van der Waals surface area (Å²) in [6.45, 7) is 1.92. The standard InChI is InChI=1S/C21H18ClN3O2/c1-12(13-6-8-17-15(10-13)7-9-19(26)24-17)23-21(27)18-11-14-4-2-3-5-16(14)20(22)25-18/h2-6,8,10-12H,7,9H2,1H3,(H,23,27)(H,24,26)/t12-/m1/s1. The first-order chi connectivity index (χ1) is 13.0. The lowest BCUT2D eigenvalue weighted by molar-refractivity contribution is -0.116. The summed E-state index contributed by atoms with van der Waals surface area (Å²) in [4.78, 5) is 28.4. The molecule has 0 aliphatic carbocycles. The van der Waals surface area contributed by atoms with Crippen molar-refractivity contribution in [3.8, 4) is 0 Å². The van der Waals surface area contributed by atoms with Crippen LogP contribution in [0, 0.1) is 0 Å². The number of benzene rings is 2. The summed E-state index contributed by atoms with van der Waals surface area (Å²) < 4.78 is 0. The van der Waals surface area contributed by atoms with Crippen molar-refractivity contribution in [1.82, 2.24) is 10.3 Å². The number of pyridine rings is 1. The molecule has 0 saturated carbocycles. The van der Waals surface area contributed by atoms with E-state index in [0.717, 1.165) is 27.6 Å². The van der Waals surface area contributed by atoms with Crippen LogP contribution < -0.4 is 10.6 Å². The van der Waals surface area contributed by atoms with Crippen molar-refractivity contribution in [2.45, 2.75) is 25.8 Å². The fraction of sp³-hybridized carbons (Fsp3) is 0.190. The molecule has 0 saturated heterocycles. The van der Waals surface area contributed by atoms with Gasteiger partial charge in [-0.25, -0.2) is 4.98 Å². The van der Waals surface area contributed by atoms with Crippen molar-refractivity contribution in [3.63, 3.8) is 0 Å². The van der Waals surface area contributed by atoms with Gasteiger partial charge in [0.1, 0.15) is 10.8 Å². The number of hydrogen-bond donors (Lipinski definition) is 2. The second-order valence-corrected chi connectivity index (χ2v) is 7.04. The number of carbonyl (C=O) groups is 2. The maximum Gasteiger partial charge on any atom is 0.270 e. The molecule has 0 unspecified atom stereocenters. The molecule has 4 rings (SSSR count). The van der Waals surface area contributed by atoms with Crippen molar-refractivity contribution in [3.05, 3.63) is 70.5 Å². The first-order valence-electron chi connectivity index (χ1n) is 8.80. The Labute approximate surface area is 161 Å². The average molecular weight is 380 g/mol. The SMILES string of the molecule is C[C@@H](NC(=O)c1cc2ccccc2c(Cl)n1)c1ccc2c(c1)CCC(=O)N2. The molecule has 1 atom stereocenters. The summed E-state index contributed by atoms with van der Waals surface area (Å²) in [6, 6.07) is 14.9. The van der Waals surface area contributed by atoms with E-state index in [0.29, 0.717) is 18.0 Å². The van der Waals surface area contributed by atoms with E-state index >= 15 is 0 Å². The number of rotatable bonds is 3. The molecule has 2 heterocycles. The van der Waals surface area contributed by atoms with Crippen molar-refractivity contribution >= 4 is 39.9 Å². The van der Waals surface area contributed by atoms with Crippen molar-refractivity contribution < 1.29 is 9.59 Å². The molecule has 1 aliphatic heterocycles. The number of aromatic nitrogens is 1. The summed E-state index contributed by atoms with van der Waals surface area (Å²) in [6.07, 6.45) is 1.19. The number of halogens is 1. The monoisotopic (exact) mass is 379 g/mol. The molecule has 5 nitrogen and oxygen atoms in total. The number of nitrogens with zero attached hydrogens (tertiary/aromatic N) is 1. The lowest BCUT2D eigenvalue weighted by atomic mass is 9.97. The van der Waals surface area contributed by atoms with Crippen LogP contribution in [0.3, 0.4) is 0 Å². The van der Waals surface area contributed by atoms with E-state index in [1.807, 2.05) is 49.4 Å². The van der Waals surface area contributed by atoms with Crippen LogP contribution in [0.15, 0.2) is 48.5 Å². The zero-order chi connectivity index (χ0) is 19.0. The molecule has 0 radical (unpaired) electrons. The highest BCUT2D eigenvalue weighted by atomic mass is 35.5. The van der Waals surface area contributed by atoms with Crippen molar-refractivity contribution in [2.75, 3.05) is 5.32 Å². The molecule has 1 aromatic heterocycles. The number of carbonyl (C=O) groups excluding carboxylic acids is 2. The topological polar surface area (TPSA) is 71.1 Å². The van der Waals surface area contributed by atoms with Crippen LogP contribution in [0.1, 0.15) is 41.0 Å². The number of amides is 2. The summed E-state index contributed by atoms with van der Waals surface area (Å²) >= 11 is 6.23. The summed E-state index contributed by atoms with van der Waals surface area (Å²) in [5, 5.41) is 7.85. The zero-order valence-corrected chi connectivity index (χ0v) is 15.5. The zero-order valence-electron chi connectivity index (χ0n) is 14.8. The van der Waals surface area contributed by atoms with Crippen molar-refractivity contribution in [2.24, 2.45) is 0 Å². The molecule has 0 spiro atoms. The Balaban J connectivity index is 1.55. The Morgan fingerprint density at radius 1 is 1.19 bits per heavy atom. The molecule has 2 N–H and O–H groups in total. The minimum absolute atomic E-state index is 0.0378. The summed E-state index contributed by atoms with van der Waals surface area (Å²) in [7, 11) is 0. The molecule has 0 bridgehead atoms. The van der Waals surface area contributed by atoms with Gasteiger partial charge in [0.2, 0.25) is 5.91 Å². The van der Waals surface area contributed by atoms with E-state index in [1.165, 1.54) is 0 Å². The molecule has 1 aliphatic rings. The van der Waals surface area contributed by atoms with Crippen LogP contribution in [0.5, 0.6) is 0 Å². The largest absolute Gasteiger partial charge is 0.344 e. The Morgan fingerprint density at radius 2 is 2.00 bits per heavy atom. The van der Waals surface area contributed by atoms with Crippen LogP contribution in [0.2, 0.25) is 5.15 Å². The van der Waals surface area contributed by atoms with Gasteiger partial charge in [-0.05, 0) is 42.0 Å².